The van der Waals surface area contributed by atoms with Gasteiger partial charge in [0.25, 0.3) is 0 Å². The summed E-state index contributed by atoms with van der Waals surface area (Å²) in [5, 5.41) is 2.17. The van der Waals surface area contributed by atoms with Crippen LogP contribution in [-0.2, 0) is 4.74 Å². The van der Waals surface area contributed by atoms with Crippen LogP contribution in [-0.4, -0.2) is 30.3 Å². The van der Waals surface area contributed by atoms with E-state index in [-0.39, 0.29) is 5.54 Å². The van der Waals surface area contributed by atoms with Crippen molar-refractivity contribution in [1.82, 2.24) is 4.98 Å². The zero-order valence-corrected chi connectivity index (χ0v) is 11.4. The number of fused-ring (bicyclic) bond motifs is 1. The van der Waals surface area contributed by atoms with Crippen LogP contribution in [0.3, 0.4) is 0 Å². The van der Waals surface area contributed by atoms with E-state index < -0.39 is 0 Å². The molecule has 0 atom stereocenters. The minimum Gasteiger partial charge on any atom is -0.398 e. The van der Waals surface area contributed by atoms with Crippen LogP contribution < -0.4 is 10.6 Å². The summed E-state index contributed by atoms with van der Waals surface area (Å²) in [6, 6.07) is 6.04. The summed E-state index contributed by atoms with van der Waals surface area (Å²) in [4.78, 5) is 6.63. The van der Waals surface area contributed by atoms with Crippen LogP contribution in [0.25, 0.3) is 10.8 Å². The molecule has 3 rings (SSSR count). The predicted molar refractivity (Wildman–Crippen MR) is 78.4 cm³/mol. The zero-order chi connectivity index (χ0) is 13.5. The summed E-state index contributed by atoms with van der Waals surface area (Å²) in [6.07, 6.45) is 3.68. The molecular weight excluding hydrogens is 238 g/mol. The van der Waals surface area contributed by atoms with Gasteiger partial charge in [-0.05, 0) is 32.0 Å². The van der Waals surface area contributed by atoms with Crippen molar-refractivity contribution >= 4 is 22.1 Å². The Morgan fingerprint density at radius 1 is 1.26 bits per heavy atom. The fourth-order valence-corrected chi connectivity index (χ4v) is 2.74. The van der Waals surface area contributed by atoms with Gasteiger partial charge in [-0.2, -0.15) is 0 Å². The molecule has 0 unspecified atom stereocenters. The predicted octanol–water partition coefficient (Wildman–Crippen LogP) is 2.43. The number of benzene rings is 1. The maximum Gasteiger partial charge on any atom is 0.0694 e. The summed E-state index contributed by atoms with van der Waals surface area (Å²) in [5.74, 6) is 0. The highest BCUT2D eigenvalue weighted by atomic mass is 16.5. The maximum atomic E-state index is 6.05. The molecule has 1 aromatic carbocycles. The van der Waals surface area contributed by atoms with Gasteiger partial charge in [0, 0.05) is 41.1 Å². The summed E-state index contributed by atoms with van der Waals surface area (Å²) in [7, 11) is 0. The van der Waals surface area contributed by atoms with Crippen LogP contribution in [0.1, 0.15) is 13.8 Å². The van der Waals surface area contributed by atoms with Crippen LogP contribution in [0.4, 0.5) is 11.4 Å². The standard InChI is InChI=1S/C15H19N3O/c1-15(2)10-19-8-7-18(15)14-4-3-13(16)11-5-6-17-9-12(11)14/h3-6,9H,7-8,10,16H2,1-2H3. The minimum atomic E-state index is -0.0167. The molecule has 2 heterocycles. The monoisotopic (exact) mass is 257 g/mol. The van der Waals surface area contributed by atoms with E-state index in [9.17, 15) is 0 Å². The fourth-order valence-electron chi connectivity index (χ4n) is 2.74. The lowest BCUT2D eigenvalue weighted by Crippen LogP contribution is -2.53. The lowest BCUT2D eigenvalue weighted by atomic mass is 9.99. The molecule has 1 saturated heterocycles. The lowest BCUT2D eigenvalue weighted by Gasteiger charge is -2.44. The average molecular weight is 257 g/mol. The van der Waals surface area contributed by atoms with Crippen molar-refractivity contribution in [3.8, 4) is 0 Å². The molecule has 4 nitrogen and oxygen atoms in total. The highest BCUT2D eigenvalue weighted by Crippen LogP contribution is 2.35. The van der Waals surface area contributed by atoms with E-state index in [2.05, 4.69) is 29.8 Å². The van der Waals surface area contributed by atoms with Crippen LogP contribution in [0, 0.1) is 0 Å². The molecule has 1 aliphatic rings. The van der Waals surface area contributed by atoms with E-state index in [1.807, 2.05) is 18.3 Å². The van der Waals surface area contributed by atoms with Crippen molar-refractivity contribution in [2.24, 2.45) is 0 Å². The summed E-state index contributed by atoms with van der Waals surface area (Å²) in [5.41, 5.74) is 8.02. The Hall–Kier alpha value is -1.81. The van der Waals surface area contributed by atoms with Gasteiger partial charge in [-0.15, -0.1) is 0 Å². The number of nitrogen functional groups attached to an aromatic ring is 1. The Bertz CT molecular complexity index is 609. The number of pyridine rings is 1. The first-order valence-electron chi connectivity index (χ1n) is 6.57. The third-order valence-electron chi connectivity index (χ3n) is 3.76. The van der Waals surface area contributed by atoms with Gasteiger partial charge in [-0.25, -0.2) is 0 Å². The van der Waals surface area contributed by atoms with Crippen molar-refractivity contribution in [2.45, 2.75) is 19.4 Å². The SMILES string of the molecule is CC1(C)COCCN1c1ccc(N)c2ccncc12. The maximum absolute atomic E-state index is 6.05. The van der Waals surface area contributed by atoms with Gasteiger partial charge in [0.2, 0.25) is 0 Å². The number of morpholine rings is 1. The zero-order valence-electron chi connectivity index (χ0n) is 11.4. The Kier molecular flexibility index (Phi) is 2.82. The Morgan fingerprint density at radius 2 is 2.11 bits per heavy atom. The number of aromatic nitrogens is 1. The first-order valence-corrected chi connectivity index (χ1v) is 6.57. The second-order valence-corrected chi connectivity index (χ2v) is 5.61. The van der Waals surface area contributed by atoms with Crippen LogP contribution in [0.5, 0.6) is 0 Å². The molecule has 0 spiro atoms. The third kappa shape index (κ3) is 2.02. The largest absolute Gasteiger partial charge is 0.398 e. The van der Waals surface area contributed by atoms with E-state index in [0.717, 1.165) is 36.2 Å². The van der Waals surface area contributed by atoms with Crippen LogP contribution in [0.2, 0.25) is 0 Å². The third-order valence-corrected chi connectivity index (χ3v) is 3.76. The molecule has 4 heteroatoms. The number of nitrogens with zero attached hydrogens (tertiary/aromatic N) is 2. The molecule has 0 radical (unpaired) electrons. The minimum absolute atomic E-state index is 0.0167. The number of hydrogen-bond acceptors (Lipinski definition) is 4. The van der Waals surface area contributed by atoms with E-state index in [4.69, 9.17) is 10.5 Å². The van der Waals surface area contributed by atoms with E-state index in [1.54, 1.807) is 6.20 Å². The fraction of sp³-hybridized carbons (Fsp3) is 0.400. The number of nitrogens with two attached hydrogens (primary N) is 1. The Balaban J connectivity index is 2.17. The first-order chi connectivity index (χ1) is 9.09. The van der Waals surface area contributed by atoms with Gasteiger partial charge in [0.1, 0.15) is 0 Å². The normalized spacial score (nSPS) is 18.7. The molecule has 19 heavy (non-hydrogen) atoms. The number of hydrogen-bond donors (Lipinski definition) is 1. The molecule has 2 aromatic rings. The van der Waals surface area contributed by atoms with Gasteiger partial charge >= 0.3 is 0 Å². The molecule has 0 bridgehead atoms. The van der Waals surface area contributed by atoms with Crippen molar-refractivity contribution < 1.29 is 4.74 Å². The Labute approximate surface area is 113 Å². The highest BCUT2D eigenvalue weighted by molar-refractivity contribution is 6.01. The smallest absolute Gasteiger partial charge is 0.0694 e. The molecule has 1 aromatic heterocycles. The van der Waals surface area contributed by atoms with Crippen molar-refractivity contribution in [2.75, 3.05) is 30.4 Å². The Morgan fingerprint density at radius 3 is 2.89 bits per heavy atom. The second-order valence-electron chi connectivity index (χ2n) is 5.61. The van der Waals surface area contributed by atoms with Gasteiger partial charge in [-0.1, -0.05) is 0 Å². The molecule has 1 aliphatic heterocycles. The first kappa shape index (κ1) is 12.2. The van der Waals surface area contributed by atoms with Gasteiger partial charge < -0.3 is 15.4 Å². The summed E-state index contributed by atoms with van der Waals surface area (Å²) in [6.45, 7) is 6.78. The molecule has 1 fully saturated rings. The van der Waals surface area contributed by atoms with Crippen LogP contribution in [0.15, 0.2) is 30.6 Å². The average Bonchev–Trinajstić information content (AvgIpc) is 2.40. The molecule has 0 saturated carbocycles. The quantitative estimate of drug-likeness (QED) is 0.797. The molecule has 2 N–H and O–H groups in total. The van der Waals surface area contributed by atoms with Gasteiger partial charge in [0.05, 0.1) is 18.8 Å². The van der Waals surface area contributed by atoms with Crippen molar-refractivity contribution in [3.05, 3.63) is 30.6 Å². The van der Waals surface area contributed by atoms with Crippen molar-refractivity contribution in [3.63, 3.8) is 0 Å². The number of rotatable bonds is 1. The summed E-state index contributed by atoms with van der Waals surface area (Å²) < 4.78 is 5.59. The van der Waals surface area contributed by atoms with E-state index in [0.29, 0.717) is 0 Å². The number of ether oxygens (including phenoxy) is 1. The topological polar surface area (TPSA) is 51.4 Å². The second kappa shape index (κ2) is 4.38. The highest BCUT2D eigenvalue weighted by Gasteiger charge is 2.31. The van der Waals surface area contributed by atoms with E-state index >= 15 is 0 Å². The summed E-state index contributed by atoms with van der Waals surface area (Å²) >= 11 is 0. The van der Waals surface area contributed by atoms with Crippen LogP contribution >= 0.6 is 0 Å². The van der Waals surface area contributed by atoms with E-state index in [1.165, 1.54) is 5.69 Å². The van der Waals surface area contributed by atoms with Gasteiger partial charge in [0.15, 0.2) is 0 Å². The molecular formula is C15H19N3O. The van der Waals surface area contributed by atoms with Gasteiger partial charge in [-0.3, -0.25) is 4.98 Å². The molecule has 0 aliphatic carbocycles. The molecule has 100 valence electrons. The molecule has 0 amide bonds. The number of anilines is 2. The lowest BCUT2D eigenvalue weighted by molar-refractivity contribution is 0.0646. The van der Waals surface area contributed by atoms with Crippen molar-refractivity contribution in [1.29, 1.82) is 0 Å².